The molecule has 1 aliphatic heterocycles. The SMILES string of the molecule is C=C1C(=C)C(N[C@@H](c2ccc(C)o2)C(C)C)=C1Nc1ccc(Cl)c2c1C(=O)NC2. The van der Waals surface area contributed by atoms with Crippen LogP contribution in [0.4, 0.5) is 5.69 Å². The van der Waals surface area contributed by atoms with Gasteiger partial charge in [-0.25, -0.2) is 0 Å². The number of rotatable bonds is 6. The maximum absolute atomic E-state index is 12.3. The monoisotopic (exact) mass is 409 g/mol. The molecule has 0 saturated heterocycles. The van der Waals surface area contributed by atoms with Crippen molar-refractivity contribution in [2.45, 2.75) is 33.4 Å². The van der Waals surface area contributed by atoms with E-state index in [1.165, 1.54) is 0 Å². The third-order valence-corrected chi connectivity index (χ3v) is 5.77. The Labute approximate surface area is 175 Å². The van der Waals surface area contributed by atoms with Gasteiger partial charge in [0.15, 0.2) is 0 Å². The van der Waals surface area contributed by atoms with Gasteiger partial charge in [-0.2, -0.15) is 0 Å². The number of allylic oxidation sites excluding steroid dienone is 2. The van der Waals surface area contributed by atoms with E-state index in [0.717, 1.165) is 39.6 Å². The fourth-order valence-electron chi connectivity index (χ4n) is 3.73. The van der Waals surface area contributed by atoms with E-state index >= 15 is 0 Å². The first-order chi connectivity index (χ1) is 13.8. The molecule has 0 spiro atoms. The molecule has 2 aliphatic rings. The van der Waals surface area contributed by atoms with Gasteiger partial charge in [0.2, 0.25) is 0 Å². The van der Waals surface area contributed by atoms with Crippen LogP contribution in [0.5, 0.6) is 0 Å². The van der Waals surface area contributed by atoms with E-state index in [-0.39, 0.29) is 11.9 Å². The highest BCUT2D eigenvalue weighted by Gasteiger charge is 2.32. The Kier molecular flexibility index (Phi) is 4.79. The largest absolute Gasteiger partial charge is 0.464 e. The Bertz CT molecular complexity index is 1080. The first-order valence-corrected chi connectivity index (χ1v) is 9.98. The summed E-state index contributed by atoms with van der Waals surface area (Å²) >= 11 is 6.26. The molecule has 0 bridgehead atoms. The van der Waals surface area contributed by atoms with Crippen molar-refractivity contribution < 1.29 is 9.21 Å². The van der Waals surface area contributed by atoms with E-state index in [2.05, 4.69) is 43.0 Å². The standard InChI is InChI=1S/C23H24ClN3O2/c1-11(2)20(18-9-6-12(3)29-18)27-22-14(5)13(4)21(22)26-17-8-7-16(24)15-10-25-23(28)19(15)17/h6-9,11,20,26-27H,4-5,10H2,1-3H3,(H,25,28)/t20-/m1/s1. The predicted octanol–water partition coefficient (Wildman–Crippen LogP) is 5.22. The van der Waals surface area contributed by atoms with Gasteiger partial charge in [-0.3, -0.25) is 4.79 Å². The van der Waals surface area contributed by atoms with Crippen LogP contribution in [0.1, 0.15) is 47.3 Å². The third-order valence-electron chi connectivity index (χ3n) is 5.42. The average Bonchev–Trinajstić information content (AvgIpc) is 3.29. The van der Waals surface area contributed by atoms with Crippen molar-refractivity contribution in [3.8, 4) is 0 Å². The van der Waals surface area contributed by atoms with Crippen LogP contribution in [0, 0.1) is 12.8 Å². The van der Waals surface area contributed by atoms with Gasteiger partial charge in [0.05, 0.1) is 28.7 Å². The summed E-state index contributed by atoms with van der Waals surface area (Å²) in [5, 5.41) is 10.3. The zero-order chi connectivity index (χ0) is 20.9. The Hall–Kier alpha value is -2.92. The molecular weight excluding hydrogens is 386 g/mol. The van der Waals surface area contributed by atoms with Crippen LogP contribution in [0.25, 0.3) is 0 Å². The number of carbonyl (C=O) groups is 1. The summed E-state index contributed by atoms with van der Waals surface area (Å²) in [7, 11) is 0. The van der Waals surface area contributed by atoms with Crippen LogP contribution >= 0.6 is 11.6 Å². The molecule has 0 saturated carbocycles. The zero-order valence-electron chi connectivity index (χ0n) is 16.8. The number of carbonyl (C=O) groups excluding carboxylic acids is 1. The third kappa shape index (κ3) is 3.25. The van der Waals surface area contributed by atoms with Gasteiger partial charge in [0.1, 0.15) is 11.5 Å². The minimum absolute atomic E-state index is 0.0143. The summed E-state index contributed by atoms with van der Waals surface area (Å²) in [6, 6.07) is 7.56. The molecule has 2 aromatic rings. The van der Waals surface area contributed by atoms with E-state index in [9.17, 15) is 4.79 Å². The molecule has 150 valence electrons. The second kappa shape index (κ2) is 7.16. The van der Waals surface area contributed by atoms with Gasteiger partial charge in [-0.15, -0.1) is 0 Å². The average molecular weight is 410 g/mol. The van der Waals surface area contributed by atoms with E-state index < -0.39 is 0 Å². The summed E-state index contributed by atoms with van der Waals surface area (Å²) < 4.78 is 5.85. The van der Waals surface area contributed by atoms with Crippen molar-refractivity contribution in [2.75, 3.05) is 5.32 Å². The van der Waals surface area contributed by atoms with Gasteiger partial charge < -0.3 is 20.4 Å². The number of fused-ring (bicyclic) bond motifs is 1. The highest BCUT2D eigenvalue weighted by molar-refractivity contribution is 6.32. The molecule has 29 heavy (non-hydrogen) atoms. The Morgan fingerprint density at radius 1 is 1.14 bits per heavy atom. The molecule has 0 fully saturated rings. The number of nitrogens with one attached hydrogen (secondary N) is 3. The molecule has 1 aromatic heterocycles. The lowest BCUT2D eigenvalue weighted by Gasteiger charge is -2.34. The molecule has 3 N–H and O–H groups in total. The topological polar surface area (TPSA) is 66.3 Å². The number of aryl methyl sites for hydroxylation is 1. The van der Waals surface area contributed by atoms with Crippen molar-refractivity contribution in [1.82, 2.24) is 10.6 Å². The lowest BCUT2D eigenvalue weighted by Crippen LogP contribution is -2.33. The molecule has 1 aromatic carbocycles. The number of hydrogen-bond acceptors (Lipinski definition) is 4. The highest BCUT2D eigenvalue weighted by Crippen LogP contribution is 2.40. The quantitative estimate of drug-likeness (QED) is 0.611. The van der Waals surface area contributed by atoms with Crippen LogP contribution < -0.4 is 16.0 Å². The summed E-state index contributed by atoms with van der Waals surface area (Å²) in [6.07, 6.45) is 0. The van der Waals surface area contributed by atoms with Crippen molar-refractivity contribution in [3.05, 3.63) is 87.6 Å². The zero-order valence-corrected chi connectivity index (χ0v) is 17.5. The van der Waals surface area contributed by atoms with Gasteiger partial charge in [-0.1, -0.05) is 38.6 Å². The number of benzene rings is 1. The fourth-order valence-corrected chi connectivity index (χ4v) is 3.96. The molecule has 4 rings (SSSR count). The number of anilines is 1. The first-order valence-electron chi connectivity index (χ1n) is 9.60. The molecule has 1 atom stereocenters. The second-order valence-electron chi connectivity index (χ2n) is 7.78. The second-order valence-corrected chi connectivity index (χ2v) is 8.18. The van der Waals surface area contributed by atoms with E-state index in [4.69, 9.17) is 16.0 Å². The van der Waals surface area contributed by atoms with Crippen LogP contribution in [0.15, 0.2) is 64.4 Å². The summed E-state index contributed by atoms with van der Waals surface area (Å²) in [6.45, 7) is 14.9. The lowest BCUT2D eigenvalue weighted by molar-refractivity contribution is 0.0966. The summed E-state index contributed by atoms with van der Waals surface area (Å²) in [5.74, 6) is 1.91. The van der Waals surface area contributed by atoms with Crippen molar-refractivity contribution in [2.24, 2.45) is 5.92 Å². The minimum Gasteiger partial charge on any atom is -0.464 e. The van der Waals surface area contributed by atoms with Crippen LogP contribution in [0.2, 0.25) is 5.02 Å². The molecule has 1 aliphatic carbocycles. The van der Waals surface area contributed by atoms with Crippen molar-refractivity contribution in [1.29, 1.82) is 0 Å². The van der Waals surface area contributed by atoms with Gasteiger partial charge >= 0.3 is 0 Å². The van der Waals surface area contributed by atoms with Crippen LogP contribution in [-0.2, 0) is 6.54 Å². The smallest absolute Gasteiger partial charge is 0.254 e. The van der Waals surface area contributed by atoms with Crippen LogP contribution in [0.3, 0.4) is 0 Å². The van der Waals surface area contributed by atoms with E-state index in [0.29, 0.717) is 28.7 Å². The van der Waals surface area contributed by atoms with E-state index in [1.54, 1.807) is 6.07 Å². The number of amides is 1. The van der Waals surface area contributed by atoms with Gasteiger partial charge in [0, 0.05) is 28.3 Å². The fraction of sp³-hybridized carbons (Fsp3) is 0.261. The number of furan rings is 1. The summed E-state index contributed by atoms with van der Waals surface area (Å²) in [5.41, 5.74) is 5.46. The molecule has 5 nitrogen and oxygen atoms in total. The molecule has 0 unspecified atom stereocenters. The maximum Gasteiger partial charge on any atom is 0.254 e. The minimum atomic E-state index is -0.130. The Morgan fingerprint density at radius 3 is 2.52 bits per heavy atom. The van der Waals surface area contributed by atoms with Gasteiger partial charge in [-0.05, 0) is 37.1 Å². The molecule has 6 heteroatoms. The lowest BCUT2D eigenvalue weighted by atomic mass is 9.87. The predicted molar refractivity (Wildman–Crippen MR) is 116 cm³/mol. The number of hydrogen-bond donors (Lipinski definition) is 3. The molecule has 0 radical (unpaired) electrons. The van der Waals surface area contributed by atoms with E-state index in [1.807, 2.05) is 25.1 Å². The van der Waals surface area contributed by atoms with Crippen molar-refractivity contribution in [3.63, 3.8) is 0 Å². The highest BCUT2D eigenvalue weighted by atomic mass is 35.5. The maximum atomic E-state index is 12.3. The summed E-state index contributed by atoms with van der Waals surface area (Å²) in [4.78, 5) is 12.3. The van der Waals surface area contributed by atoms with Crippen molar-refractivity contribution >= 4 is 23.2 Å². The Balaban J connectivity index is 1.68. The molecule has 1 amide bonds. The first kappa shape index (κ1) is 19.4. The van der Waals surface area contributed by atoms with Crippen LogP contribution in [-0.4, -0.2) is 5.91 Å². The number of halogens is 1. The Morgan fingerprint density at radius 2 is 1.86 bits per heavy atom. The van der Waals surface area contributed by atoms with Gasteiger partial charge in [0.25, 0.3) is 5.91 Å². The molecule has 2 heterocycles. The normalized spacial score (nSPS) is 16.7. The molecular formula is C23H24ClN3O2.